The zero-order chi connectivity index (χ0) is 13.2. The second-order valence-electron chi connectivity index (χ2n) is 6.02. The highest BCUT2D eigenvalue weighted by Gasteiger charge is 2.40. The van der Waals surface area contributed by atoms with Crippen LogP contribution < -0.4 is 0 Å². The normalized spacial score (nSPS) is 21.1. The summed E-state index contributed by atoms with van der Waals surface area (Å²) < 4.78 is 0. The minimum absolute atomic E-state index is 0.101. The Kier molecular flexibility index (Phi) is 4.34. The molecule has 0 aliphatic carbocycles. The van der Waals surface area contributed by atoms with Gasteiger partial charge in [0, 0.05) is 18.5 Å². The van der Waals surface area contributed by atoms with Crippen LogP contribution in [0.25, 0.3) is 0 Å². The number of hydrogen-bond donors (Lipinski definition) is 0. The minimum atomic E-state index is -0.274. The smallest absolute Gasteiger partial charge is 0.290 e. The van der Waals surface area contributed by atoms with Gasteiger partial charge in [-0.2, -0.15) is 0 Å². The van der Waals surface area contributed by atoms with Crippen molar-refractivity contribution < 1.29 is 9.59 Å². The fourth-order valence-electron chi connectivity index (χ4n) is 2.45. The first-order chi connectivity index (χ1) is 7.81. The van der Waals surface area contributed by atoms with Crippen LogP contribution in [0, 0.1) is 11.3 Å². The quantitative estimate of drug-likeness (QED) is 0.707. The van der Waals surface area contributed by atoms with Gasteiger partial charge >= 0.3 is 0 Å². The molecule has 0 saturated carbocycles. The summed E-state index contributed by atoms with van der Waals surface area (Å²) in [6.07, 6.45) is 3.07. The first-order valence-corrected chi connectivity index (χ1v) is 6.66. The van der Waals surface area contributed by atoms with Gasteiger partial charge < -0.3 is 4.90 Å². The summed E-state index contributed by atoms with van der Waals surface area (Å²) in [7, 11) is 0. The molecule has 1 atom stereocenters. The number of likely N-dealkylation sites (tertiary alicyclic amines) is 1. The third kappa shape index (κ3) is 2.88. The van der Waals surface area contributed by atoms with Gasteiger partial charge in [0.05, 0.1) is 0 Å². The van der Waals surface area contributed by atoms with E-state index in [0.29, 0.717) is 0 Å². The second-order valence-corrected chi connectivity index (χ2v) is 6.02. The molecule has 1 fully saturated rings. The molecule has 1 saturated heterocycles. The Bertz CT molecular complexity index is 307. The van der Waals surface area contributed by atoms with E-state index in [9.17, 15) is 9.59 Å². The summed E-state index contributed by atoms with van der Waals surface area (Å²) in [6.45, 7) is 10.8. The standard InChI is InChI=1S/C14H25NO2/c1-6-14(4,5)11-8-7-9-15(11)13(17)12(16)10(2)3/h10-11H,6-9H2,1-5H3. The number of nitrogens with zero attached hydrogens (tertiary/aromatic N) is 1. The molecule has 0 spiro atoms. The van der Waals surface area contributed by atoms with Crippen LogP contribution in [0.4, 0.5) is 0 Å². The van der Waals surface area contributed by atoms with Gasteiger partial charge in [0.25, 0.3) is 5.91 Å². The highest BCUT2D eigenvalue weighted by molar-refractivity contribution is 6.36. The van der Waals surface area contributed by atoms with Crippen LogP contribution in [-0.2, 0) is 9.59 Å². The van der Waals surface area contributed by atoms with Crippen LogP contribution in [0.5, 0.6) is 0 Å². The topological polar surface area (TPSA) is 37.4 Å². The number of amides is 1. The lowest BCUT2D eigenvalue weighted by Crippen LogP contribution is -2.47. The number of ketones is 1. The Morgan fingerprint density at radius 2 is 1.94 bits per heavy atom. The molecule has 0 aromatic heterocycles. The van der Waals surface area contributed by atoms with Crippen molar-refractivity contribution >= 4 is 11.7 Å². The second kappa shape index (κ2) is 5.19. The van der Waals surface area contributed by atoms with E-state index in [1.807, 2.05) is 4.90 Å². The average molecular weight is 239 g/mol. The molecule has 1 amide bonds. The molecule has 98 valence electrons. The van der Waals surface area contributed by atoms with Crippen LogP contribution in [0.15, 0.2) is 0 Å². The van der Waals surface area contributed by atoms with Crippen molar-refractivity contribution in [2.75, 3.05) is 6.54 Å². The zero-order valence-corrected chi connectivity index (χ0v) is 11.7. The summed E-state index contributed by atoms with van der Waals surface area (Å²) in [5, 5.41) is 0. The Balaban J connectivity index is 2.83. The van der Waals surface area contributed by atoms with Crippen LogP contribution in [-0.4, -0.2) is 29.2 Å². The minimum Gasteiger partial charge on any atom is -0.333 e. The summed E-state index contributed by atoms with van der Waals surface area (Å²) in [5.41, 5.74) is 0.101. The van der Waals surface area contributed by atoms with Gasteiger partial charge in [-0.1, -0.05) is 34.6 Å². The Hall–Kier alpha value is -0.860. The van der Waals surface area contributed by atoms with Crippen molar-refractivity contribution in [3.63, 3.8) is 0 Å². The van der Waals surface area contributed by atoms with Crippen LogP contribution >= 0.6 is 0 Å². The molecule has 1 unspecified atom stereocenters. The predicted molar refractivity (Wildman–Crippen MR) is 68.7 cm³/mol. The van der Waals surface area contributed by atoms with Gasteiger partial charge in [-0.3, -0.25) is 9.59 Å². The van der Waals surface area contributed by atoms with Gasteiger partial charge in [0.2, 0.25) is 5.78 Å². The Labute approximate surface area is 105 Å². The van der Waals surface area contributed by atoms with Gasteiger partial charge in [-0.15, -0.1) is 0 Å². The molecule has 1 aliphatic heterocycles. The van der Waals surface area contributed by atoms with Crippen molar-refractivity contribution in [1.82, 2.24) is 4.90 Å². The van der Waals surface area contributed by atoms with Gasteiger partial charge in [-0.05, 0) is 24.7 Å². The van der Waals surface area contributed by atoms with E-state index < -0.39 is 0 Å². The van der Waals surface area contributed by atoms with Crippen LogP contribution in [0.3, 0.4) is 0 Å². The number of hydrogen-bond acceptors (Lipinski definition) is 2. The number of carbonyl (C=O) groups is 2. The molecular weight excluding hydrogens is 214 g/mol. The SMILES string of the molecule is CCC(C)(C)C1CCCN1C(=O)C(=O)C(C)C. The summed E-state index contributed by atoms with van der Waals surface area (Å²) in [4.78, 5) is 25.7. The molecule has 1 rings (SSSR count). The predicted octanol–water partition coefficient (Wildman–Crippen LogP) is 2.64. The maximum atomic E-state index is 12.1. The lowest BCUT2D eigenvalue weighted by atomic mass is 9.80. The average Bonchev–Trinajstić information content (AvgIpc) is 2.76. The molecule has 17 heavy (non-hydrogen) atoms. The summed E-state index contributed by atoms with van der Waals surface area (Å²) in [6, 6.07) is 0.225. The Morgan fingerprint density at radius 3 is 2.41 bits per heavy atom. The first kappa shape index (κ1) is 14.2. The van der Waals surface area contributed by atoms with Crippen molar-refractivity contribution in [3.8, 4) is 0 Å². The highest BCUT2D eigenvalue weighted by atomic mass is 16.2. The van der Waals surface area contributed by atoms with Crippen molar-refractivity contribution in [3.05, 3.63) is 0 Å². The van der Waals surface area contributed by atoms with E-state index in [1.165, 1.54) is 0 Å². The highest BCUT2D eigenvalue weighted by Crippen LogP contribution is 2.35. The maximum Gasteiger partial charge on any atom is 0.290 e. The van der Waals surface area contributed by atoms with E-state index in [1.54, 1.807) is 13.8 Å². The van der Waals surface area contributed by atoms with Gasteiger partial charge in [0.15, 0.2) is 0 Å². The fraction of sp³-hybridized carbons (Fsp3) is 0.857. The van der Waals surface area contributed by atoms with Gasteiger partial charge in [-0.25, -0.2) is 0 Å². The summed E-state index contributed by atoms with van der Waals surface area (Å²) in [5.74, 6) is -0.721. The van der Waals surface area contributed by atoms with Crippen molar-refractivity contribution in [2.45, 2.75) is 59.9 Å². The molecule has 0 aromatic carbocycles. The van der Waals surface area contributed by atoms with E-state index in [2.05, 4.69) is 20.8 Å². The number of carbonyl (C=O) groups excluding carboxylic acids is 2. The third-order valence-electron chi connectivity index (χ3n) is 4.06. The first-order valence-electron chi connectivity index (χ1n) is 6.66. The molecule has 0 N–H and O–H groups in total. The van der Waals surface area contributed by atoms with Crippen LogP contribution in [0.1, 0.15) is 53.9 Å². The molecule has 0 radical (unpaired) electrons. The summed E-state index contributed by atoms with van der Waals surface area (Å²) >= 11 is 0. The van der Waals surface area contributed by atoms with Gasteiger partial charge in [0.1, 0.15) is 0 Å². The monoisotopic (exact) mass is 239 g/mol. The van der Waals surface area contributed by atoms with E-state index in [4.69, 9.17) is 0 Å². The molecule has 1 heterocycles. The van der Waals surface area contributed by atoms with E-state index in [-0.39, 0.29) is 29.1 Å². The van der Waals surface area contributed by atoms with Crippen molar-refractivity contribution in [2.24, 2.45) is 11.3 Å². The molecule has 0 bridgehead atoms. The zero-order valence-electron chi connectivity index (χ0n) is 11.7. The van der Waals surface area contributed by atoms with Crippen molar-refractivity contribution in [1.29, 1.82) is 0 Å². The third-order valence-corrected chi connectivity index (χ3v) is 4.06. The molecule has 1 aliphatic rings. The maximum absolute atomic E-state index is 12.1. The van der Waals surface area contributed by atoms with E-state index in [0.717, 1.165) is 25.8 Å². The lowest BCUT2D eigenvalue weighted by molar-refractivity contribution is -0.148. The Morgan fingerprint density at radius 1 is 1.35 bits per heavy atom. The molecule has 0 aromatic rings. The molecule has 3 heteroatoms. The lowest BCUT2D eigenvalue weighted by Gasteiger charge is -2.37. The largest absolute Gasteiger partial charge is 0.333 e. The fourth-order valence-corrected chi connectivity index (χ4v) is 2.45. The number of Topliss-reactive ketones (excluding diaryl/α,β-unsaturated/α-hetero) is 1. The molecule has 3 nitrogen and oxygen atoms in total. The van der Waals surface area contributed by atoms with E-state index >= 15 is 0 Å². The van der Waals surface area contributed by atoms with Crippen LogP contribution in [0.2, 0.25) is 0 Å². The molecular formula is C14H25NO2. The number of rotatable bonds is 4.